The Morgan fingerprint density at radius 3 is 2.43 bits per heavy atom. The molecular weight excluding hydrogens is 546 g/mol. The smallest absolute Gasteiger partial charge is 0.306 e. The van der Waals surface area contributed by atoms with Crippen molar-refractivity contribution in [1.82, 2.24) is 4.90 Å². The SMILES string of the molecule is C=CCCOC(=O)CCc1cc(N(C)C)c2c(c1O)C(O)=C1C(=O)[C@@]3(O)C(O)=C(C(N)=O)C(=O)C(N(C)C)[C@H]3C[C@H]1C2. The number of hydrogen-bond donors (Lipinski definition) is 5. The van der Waals surface area contributed by atoms with Gasteiger partial charge in [0.25, 0.3) is 5.91 Å². The number of rotatable bonds is 9. The molecule has 6 N–H and O–H groups in total. The second-order valence-electron chi connectivity index (χ2n) is 11.4. The Labute approximate surface area is 243 Å². The first-order chi connectivity index (χ1) is 19.7. The minimum Gasteiger partial charge on any atom is -0.508 e. The number of Topliss-reactive ketones (excluding diaryl/α,β-unsaturated/α-hetero) is 2. The zero-order valence-electron chi connectivity index (χ0n) is 24.1. The molecule has 3 aliphatic rings. The van der Waals surface area contributed by atoms with Gasteiger partial charge in [-0.05, 0) is 62.9 Å². The largest absolute Gasteiger partial charge is 0.508 e. The lowest BCUT2D eigenvalue weighted by molar-refractivity contribution is -0.153. The number of benzene rings is 1. The van der Waals surface area contributed by atoms with Gasteiger partial charge in [-0.15, -0.1) is 6.58 Å². The monoisotopic (exact) mass is 583 g/mol. The molecule has 12 nitrogen and oxygen atoms in total. The number of carbonyl (C=O) groups is 4. The van der Waals surface area contributed by atoms with Crippen molar-refractivity contribution in [2.24, 2.45) is 17.6 Å². The van der Waals surface area contributed by atoms with Crippen molar-refractivity contribution in [2.75, 3.05) is 39.7 Å². The number of nitrogens with two attached hydrogens (primary N) is 1. The number of phenols is 1. The summed E-state index contributed by atoms with van der Waals surface area (Å²) in [7, 11) is 6.65. The number of amides is 1. The highest BCUT2D eigenvalue weighted by Gasteiger charge is 2.64. The number of fused-ring (bicyclic) bond motifs is 3. The van der Waals surface area contributed by atoms with Crippen LogP contribution >= 0.6 is 0 Å². The summed E-state index contributed by atoms with van der Waals surface area (Å²) in [6.07, 6.45) is 2.32. The van der Waals surface area contributed by atoms with Gasteiger partial charge in [0.1, 0.15) is 22.8 Å². The fraction of sp³-hybridized carbons (Fsp3) is 0.467. The quantitative estimate of drug-likeness (QED) is 0.121. The van der Waals surface area contributed by atoms with Crippen LogP contribution in [0.5, 0.6) is 5.75 Å². The lowest BCUT2D eigenvalue weighted by atomic mass is 9.57. The third kappa shape index (κ3) is 4.74. The van der Waals surface area contributed by atoms with E-state index in [0.29, 0.717) is 23.2 Å². The molecule has 4 rings (SSSR count). The second-order valence-corrected chi connectivity index (χ2v) is 11.4. The summed E-state index contributed by atoms with van der Waals surface area (Å²) < 4.78 is 5.15. The Morgan fingerprint density at radius 1 is 1.19 bits per heavy atom. The van der Waals surface area contributed by atoms with E-state index in [1.165, 1.54) is 4.90 Å². The summed E-state index contributed by atoms with van der Waals surface area (Å²) in [5.41, 5.74) is 3.05. The molecule has 0 radical (unpaired) electrons. The van der Waals surface area contributed by atoms with E-state index in [1.807, 2.05) is 0 Å². The summed E-state index contributed by atoms with van der Waals surface area (Å²) in [5.74, 6) is -7.54. The number of ether oxygens (including phenoxy) is 1. The third-order valence-corrected chi connectivity index (χ3v) is 8.44. The van der Waals surface area contributed by atoms with Crippen LogP contribution in [0.4, 0.5) is 5.69 Å². The lowest BCUT2D eigenvalue weighted by Gasteiger charge is -2.50. The zero-order valence-corrected chi connectivity index (χ0v) is 24.1. The summed E-state index contributed by atoms with van der Waals surface area (Å²) in [4.78, 5) is 54.9. The maximum Gasteiger partial charge on any atom is 0.306 e. The van der Waals surface area contributed by atoms with E-state index in [2.05, 4.69) is 6.58 Å². The Hall–Kier alpha value is -4.16. The van der Waals surface area contributed by atoms with Gasteiger partial charge in [0, 0.05) is 37.7 Å². The van der Waals surface area contributed by atoms with Gasteiger partial charge in [-0.25, -0.2) is 0 Å². The number of carbonyl (C=O) groups excluding carboxylic acids is 4. The summed E-state index contributed by atoms with van der Waals surface area (Å²) in [6.45, 7) is 3.76. The predicted molar refractivity (Wildman–Crippen MR) is 153 cm³/mol. The Kier molecular flexibility index (Phi) is 8.25. The van der Waals surface area contributed by atoms with E-state index in [1.54, 1.807) is 45.2 Å². The maximum absolute atomic E-state index is 14.0. The van der Waals surface area contributed by atoms with Gasteiger partial charge in [-0.3, -0.25) is 24.1 Å². The second kappa shape index (κ2) is 11.3. The van der Waals surface area contributed by atoms with Crippen molar-refractivity contribution >= 4 is 34.9 Å². The van der Waals surface area contributed by atoms with Gasteiger partial charge >= 0.3 is 5.97 Å². The fourth-order valence-electron chi connectivity index (χ4n) is 6.50. The number of phenolic OH excluding ortho intramolecular Hbond substituents is 1. The molecule has 0 aliphatic heterocycles. The van der Waals surface area contributed by atoms with Crippen LogP contribution in [-0.2, 0) is 36.8 Å². The first kappa shape index (κ1) is 30.8. The molecule has 1 amide bonds. The van der Waals surface area contributed by atoms with E-state index in [9.17, 15) is 39.6 Å². The van der Waals surface area contributed by atoms with Gasteiger partial charge in [0.05, 0.1) is 18.2 Å². The number of nitrogens with zero attached hydrogens (tertiary/aromatic N) is 2. The number of esters is 1. The molecule has 0 aromatic heterocycles. The molecule has 226 valence electrons. The summed E-state index contributed by atoms with van der Waals surface area (Å²) in [5, 5.41) is 45.6. The number of likely N-dealkylation sites (N-methyl/N-ethyl adjacent to an activating group) is 1. The average molecular weight is 584 g/mol. The molecular formula is C30H37N3O9. The standard InChI is InChI=1S/C30H37N3O9/c1-6-7-10-42-19(34)9-8-14-13-18(32(2)3)16-11-15-12-17-23(33(4)5)26(37)22(29(31)40)28(39)30(17,41)27(38)20(15)25(36)21(16)24(14)35/h6,13,15,17,23,35-36,39,41H,1,7-12H2,2-5H3,(H2,31,40)/t15-,17-,23?,30-/m1/s1. The van der Waals surface area contributed by atoms with Crippen molar-refractivity contribution < 1.29 is 44.3 Å². The highest BCUT2D eigenvalue weighted by atomic mass is 16.5. The number of aliphatic hydroxyl groups excluding tert-OH is 2. The average Bonchev–Trinajstić information content (AvgIpc) is 2.89. The van der Waals surface area contributed by atoms with E-state index >= 15 is 0 Å². The molecule has 0 bridgehead atoms. The van der Waals surface area contributed by atoms with E-state index in [4.69, 9.17) is 10.5 Å². The molecule has 0 heterocycles. The highest BCUT2D eigenvalue weighted by molar-refractivity contribution is 6.24. The molecule has 1 saturated carbocycles. The summed E-state index contributed by atoms with van der Waals surface area (Å²) in [6, 6.07) is 0.558. The van der Waals surface area contributed by atoms with Crippen molar-refractivity contribution in [1.29, 1.82) is 0 Å². The third-order valence-electron chi connectivity index (χ3n) is 8.44. The van der Waals surface area contributed by atoms with E-state index in [-0.39, 0.29) is 49.2 Å². The van der Waals surface area contributed by atoms with Crippen LogP contribution in [0.1, 0.15) is 36.0 Å². The molecule has 1 aromatic carbocycles. The maximum atomic E-state index is 14.0. The van der Waals surface area contributed by atoms with Crippen molar-refractivity contribution in [2.45, 2.75) is 43.7 Å². The molecule has 0 saturated heterocycles. The number of hydrogen-bond acceptors (Lipinski definition) is 11. The molecule has 0 spiro atoms. The van der Waals surface area contributed by atoms with Crippen LogP contribution in [0.25, 0.3) is 5.76 Å². The highest BCUT2D eigenvalue weighted by Crippen LogP contribution is 2.54. The normalized spacial score (nSPS) is 25.1. The van der Waals surface area contributed by atoms with Gasteiger partial charge in [-0.2, -0.15) is 0 Å². The number of primary amides is 1. The number of anilines is 1. The Bertz CT molecular complexity index is 1440. The van der Waals surface area contributed by atoms with Gasteiger partial charge < -0.3 is 35.8 Å². The Balaban J connectivity index is 1.85. The van der Waals surface area contributed by atoms with Gasteiger partial charge in [0.15, 0.2) is 11.4 Å². The first-order valence-electron chi connectivity index (χ1n) is 13.6. The first-order valence-corrected chi connectivity index (χ1v) is 13.6. The predicted octanol–water partition coefficient (Wildman–Crippen LogP) is 1.08. The van der Waals surface area contributed by atoms with Gasteiger partial charge in [0.2, 0.25) is 5.78 Å². The molecule has 1 unspecified atom stereocenters. The molecule has 1 aromatic rings. The van der Waals surface area contributed by atoms with Gasteiger partial charge in [-0.1, -0.05) is 6.08 Å². The number of ketones is 2. The molecule has 42 heavy (non-hydrogen) atoms. The van der Waals surface area contributed by atoms with Crippen LogP contribution in [0.15, 0.2) is 35.6 Å². The van der Waals surface area contributed by atoms with Crippen LogP contribution in [0.2, 0.25) is 0 Å². The van der Waals surface area contributed by atoms with Crippen molar-refractivity contribution in [3.05, 3.63) is 52.3 Å². The zero-order chi connectivity index (χ0) is 31.3. The molecule has 3 aliphatic carbocycles. The van der Waals surface area contributed by atoms with Crippen molar-refractivity contribution in [3.63, 3.8) is 0 Å². The molecule has 1 fully saturated rings. The fourth-order valence-corrected chi connectivity index (χ4v) is 6.50. The number of aryl methyl sites for hydroxylation is 1. The minimum absolute atomic E-state index is 0.00229. The van der Waals surface area contributed by atoms with Crippen LogP contribution in [-0.4, -0.2) is 95.2 Å². The van der Waals surface area contributed by atoms with Crippen LogP contribution in [0, 0.1) is 11.8 Å². The summed E-state index contributed by atoms with van der Waals surface area (Å²) >= 11 is 0. The Morgan fingerprint density at radius 2 is 1.86 bits per heavy atom. The topological polar surface area (TPSA) is 191 Å². The lowest BCUT2D eigenvalue weighted by Crippen LogP contribution is -2.65. The van der Waals surface area contributed by atoms with Crippen LogP contribution < -0.4 is 10.6 Å². The molecule has 12 heteroatoms. The number of aromatic hydroxyl groups is 1. The van der Waals surface area contributed by atoms with E-state index < -0.39 is 64.0 Å². The van der Waals surface area contributed by atoms with Crippen molar-refractivity contribution in [3.8, 4) is 5.75 Å². The van der Waals surface area contributed by atoms with Crippen LogP contribution in [0.3, 0.4) is 0 Å². The number of aliphatic hydroxyl groups is 3. The molecule has 4 atom stereocenters. The van der Waals surface area contributed by atoms with E-state index in [0.717, 1.165) is 0 Å². The minimum atomic E-state index is -2.71.